The summed E-state index contributed by atoms with van der Waals surface area (Å²) in [7, 11) is 0. The lowest BCUT2D eigenvalue weighted by atomic mass is 10.1. The molecule has 1 fully saturated rings. The summed E-state index contributed by atoms with van der Waals surface area (Å²) in [6.07, 6.45) is 0.0929. The van der Waals surface area contributed by atoms with Gasteiger partial charge < -0.3 is 10.2 Å². The third kappa shape index (κ3) is 3.13. The molecule has 1 N–H and O–H groups in total. The maximum Gasteiger partial charge on any atom is 0.257 e. The molecule has 1 aliphatic heterocycles. The van der Waals surface area contributed by atoms with Crippen LogP contribution in [0.5, 0.6) is 0 Å². The van der Waals surface area contributed by atoms with Crippen LogP contribution in [0.1, 0.15) is 22.3 Å². The topological polar surface area (TPSA) is 49.4 Å². The van der Waals surface area contributed by atoms with Gasteiger partial charge in [0.25, 0.3) is 5.91 Å². The van der Waals surface area contributed by atoms with Gasteiger partial charge in [0.15, 0.2) is 0 Å². The third-order valence-electron chi connectivity index (χ3n) is 4.00. The molecule has 0 aliphatic carbocycles. The molecular weight excluding hydrogens is 314 g/mol. The Morgan fingerprint density at radius 1 is 1.12 bits per heavy atom. The number of aryl methyl sites for hydroxylation is 1. The molecule has 124 valence electrons. The van der Waals surface area contributed by atoms with Gasteiger partial charge in [-0.2, -0.15) is 0 Å². The van der Waals surface area contributed by atoms with Crippen LogP contribution in [0.25, 0.3) is 0 Å². The molecule has 0 unspecified atom stereocenters. The largest absolute Gasteiger partial charge is 0.347 e. The predicted octanol–water partition coefficient (Wildman–Crippen LogP) is 2.81. The Labute approximate surface area is 138 Å². The lowest BCUT2D eigenvalue weighted by molar-refractivity contribution is -0.117. The van der Waals surface area contributed by atoms with E-state index in [2.05, 4.69) is 5.32 Å². The summed E-state index contributed by atoms with van der Waals surface area (Å²) in [5.41, 5.74) is 1.18. The molecule has 6 heteroatoms. The first-order chi connectivity index (χ1) is 11.5. The minimum Gasteiger partial charge on any atom is -0.347 e. The molecule has 1 atom stereocenters. The van der Waals surface area contributed by atoms with Gasteiger partial charge in [-0.15, -0.1) is 0 Å². The number of nitrogens with one attached hydrogen (secondary N) is 1. The summed E-state index contributed by atoms with van der Waals surface area (Å²) >= 11 is 0. The molecule has 24 heavy (non-hydrogen) atoms. The summed E-state index contributed by atoms with van der Waals surface area (Å²) in [5.74, 6) is -2.84. The van der Waals surface area contributed by atoms with Gasteiger partial charge >= 0.3 is 0 Å². The number of anilines is 1. The first-order valence-electron chi connectivity index (χ1n) is 7.57. The van der Waals surface area contributed by atoms with Gasteiger partial charge in [0.1, 0.15) is 17.2 Å². The zero-order chi connectivity index (χ0) is 17.3. The Bertz CT molecular complexity index is 770. The number of hydrogen-bond acceptors (Lipinski definition) is 2. The summed E-state index contributed by atoms with van der Waals surface area (Å²) in [6.45, 7) is 2.21. The smallest absolute Gasteiger partial charge is 0.257 e. The molecule has 3 rings (SSSR count). The highest BCUT2D eigenvalue weighted by molar-refractivity contribution is 5.99. The Kier molecular flexibility index (Phi) is 4.29. The fraction of sp³-hybridized carbons (Fsp3) is 0.222. The molecule has 4 nitrogen and oxygen atoms in total. The molecule has 2 aromatic rings. The molecule has 2 amide bonds. The monoisotopic (exact) mass is 330 g/mol. The highest BCUT2D eigenvalue weighted by Crippen LogP contribution is 2.22. The summed E-state index contributed by atoms with van der Waals surface area (Å²) < 4.78 is 27.3. The van der Waals surface area contributed by atoms with Gasteiger partial charge in [0.2, 0.25) is 5.91 Å². The Hall–Kier alpha value is -2.76. The quantitative estimate of drug-likeness (QED) is 0.941. The molecule has 1 saturated heterocycles. The minimum absolute atomic E-state index is 0.0929. The fourth-order valence-electron chi connectivity index (χ4n) is 2.75. The molecular formula is C18H16F2N2O2. The fourth-order valence-corrected chi connectivity index (χ4v) is 2.75. The molecule has 0 saturated carbocycles. The van der Waals surface area contributed by atoms with E-state index >= 15 is 0 Å². The number of carbonyl (C=O) groups excluding carboxylic acids is 2. The van der Waals surface area contributed by atoms with Crippen molar-refractivity contribution in [2.24, 2.45) is 0 Å². The van der Waals surface area contributed by atoms with Crippen molar-refractivity contribution in [3.63, 3.8) is 0 Å². The van der Waals surface area contributed by atoms with E-state index in [4.69, 9.17) is 0 Å². The van der Waals surface area contributed by atoms with Crippen molar-refractivity contribution in [2.45, 2.75) is 19.4 Å². The van der Waals surface area contributed by atoms with Crippen LogP contribution in [-0.4, -0.2) is 24.4 Å². The number of halogens is 2. The van der Waals surface area contributed by atoms with Crippen LogP contribution >= 0.6 is 0 Å². The second-order valence-corrected chi connectivity index (χ2v) is 5.81. The van der Waals surface area contributed by atoms with Crippen molar-refractivity contribution in [1.29, 1.82) is 0 Å². The van der Waals surface area contributed by atoms with Crippen LogP contribution in [0.2, 0.25) is 0 Å². The highest BCUT2D eigenvalue weighted by Gasteiger charge is 2.32. The van der Waals surface area contributed by atoms with Crippen molar-refractivity contribution in [1.82, 2.24) is 5.32 Å². The Balaban J connectivity index is 1.72. The molecule has 0 aromatic heterocycles. The second-order valence-electron chi connectivity index (χ2n) is 5.81. The minimum atomic E-state index is -0.924. The molecule has 0 radical (unpaired) electrons. The Morgan fingerprint density at radius 3 is 2.38 bits per heavy atom. The standard InChI is InChI=1S/C18H16F2N2O2/c1-11-5-7-13(8-6-11)22-10-12(9-16(22)23)21-18(24)17-14(19)3-2-4-15(17)20/h2-8,12H,9-10H2,1H3,(H,21,24)/t12-/m1/s1. The molecule has 2 aromatic carbocycles. The summed E-state index contributed by atoms with van der Waals surface area (Å²) in [4.78, 5) is 25.8. The number of amides is 2. The van der Waals surface area contributed by atoms with Gasteiger partial charge in [-0.1, -0.05) is 23.8 Å². The van der Waals surface area contributed by atoms with Crippen LogP contribution in [0.4, 0.5) is 14.5 Å². The molecule has 1 heterocycles. The third-order valence-corrected chi connectivity index (χ3v) is 4.00. The maximum atomic E-state index is 13.7. The van der Waals surface area contributed by atoms with E-state index in [1.54, 1.807) is 4.90 Å². The van der Waals surface area contributed by atoms with E-state index in [0.717, 1.165) is 23.4 Å². The molecule has 0 spiro atoms. The first kappa shape index (κ1) is 16.1. The SMILES string of the molecule is Cc1ccc(N2C[C@H](NC(=O)c3c(F)cccc3F)CC2=O)cc1. The van der Waals surface area contributed by atoms with Crippen LogP contribution in [0, 0.1) is 18.6 Å². The van der Waals surface area contributed by atoms with Crippen molar-refractivity contribution in [3.8, 4) is 0 Å². The van der Waals surface area contributed by atoms with E-state index < -0.39 is 29.1 Å². The van der Waals surface area contributed by atoms with Crippen molar-refractivity contribution < 1.29 is 18.4 Å². The normalized spacial score (nSPS) is 17.2. The van der Waals surface area contributed by atoms with Crippen molar-refractivity contribution in [2.75, 3.05) is 11.4 Å². The van der Waals surface area contributed by atoms with Gasteiger partial charge in [0.05, 0.1) is 6.04 Å². The molecule has 0 bridgehead atoms. The zero-order valence-corrected chi connectivity index (χ0v) is 13.1. The van der Waals surface area contributed by atoms with Gasteiger partial charge in [0, 0.05) is 18.7 Å². The van der Waals surface area contributed by atoms with Crippen LogP contribution in [0.3, 0.4) is 0 Å². The number of benzene rings is 2. The van der Waals surface area contributed by atoms with Gasteiger partial charge in [-0.05, 0) is 31.2 Å². The Morgan fingerprint density at radius 2 is 1.75 bits per heavy atom. The van der Waals surface area contributed by atoms with Crippen molar-refractivity contribution >= 4 is 17.5 Å². The lowest BCUT2D eigenvalue weighted by Crippen LogP contribution is -2.38. The highest BCUT2D eigenvalue weighted by atomic mass is 19.1. The van der Waals surface area contributed by atoms with Crippen LogP contribution < -0.4 is 10.2 Å². The van der Waals surface area contributed by atoms with Crippen LogP contribution in [-0.2, 0) is 4.79 Å². The number of nitrogens with zero attached hydrogens (tertiary/aromatic N) is 1. The van der Waals surface area contributed by atoms with E-state index in [-0.39, 0.29) is 18.9 Å². The van der Waals surface area contributed by atoms with E-state index in [1.807, 2.05) is 31.2 Å². The predicted molar refractivity (Wildman–Crippen MR) is 85.8 cm³/mol. The lowest BCUT2D eigenvalue weighted by Gasteiger charge is -2.17. The number of carbonyl (C=O) groups is 2. The van der Waals surface area contributed by atoms with Crippen molar-refractivity contribution in [3.05, 3.63) is 65.2 Å². The molecule has 1 aliphatic rings. The van der Waals surface area contributed by atoms with E-state index in [0.29, 0.717) is 0 Å². The average Bonchev–Trinajstić information content (AvgIpc) is 2.88. The van der Waals surface area contributed by atoms with Gasteiger partial charge in [-0.3, -0.25) is 9.59 Å². The summed E-state index contributed by atoms with van der Waals surface area (Å²) in [6, 6.07) is 10.2. The van der Waals surface area contributed by atoms with Gasteiger partial charge in [-0.25, -0.2) is 8.78 Å². The average molecular weight is 330 g/mol. The second kappa shape index (κ2) is 6.39. The first-order valence-corrected chi connectivity index (χ1v) is 7.57. The zero-order valence-electron chi connectivity index (χ0n) is 13.1. The van der Waals surface area contributed by atoms with E-state index in [1.165, 1.54) is 6.07 Å². The number of hydrogen-bond donors (Lipinski definition) is 1. The van der Waals surface area contributed by atoms with Crippen LogP contribution in [0.15, 0.2) is 42.5 Å². The number of rotatable bonds is 3. The maximum absolute atomic E-state index is 13.7. The van der Waals surface area contributed by atoms with E-state index in [9.17, 15) is 18.4 Å². The summed E-state index contributed by atoms with van der Waals surface area (Å²) in [5, 5.41) is 2.54.